The number of fused-ring (bicyclic) bond motifs is 1. The number of rotatable bonds is 6. The lowest BCUT2D eigenvalue weighted by Gasteiger charge is -2.53. The predicted molar refractivity (Wildman–Crippen MR) is 106 cm³/mol. The largest absolute Gasteiger partial charge is 0.395 e. The van der Waals surface area contributed by atoms with Gasteiger partial charge in [-0.1, -0.05) is 18.2 Å². The minimum absolute atomic E-state index is 0.0435. The first kappa shape index (κ1) is 19.1. The fourth-order valence-corrected chi connectivity index (χ4v) is 6.78. The molecular weight excluding hydrogens is 376 g/mol. The topological polar surface area (TPSA) is 105 Å². The Bertz CT molecular complexity index is 813. The molecule has 3 aliphatic rings. The van der Waals surface area contributed by atoms with E-state index < -0.39 is 16.7 Å². The number of nitrogens with one attached hydrogen (secondary N) is 2. The zero-order valence-electron chi connectivity index (χ0n) is 15.7. The highest BCUT2D eigenvalue weighted by molar-refractivity contribution is 8.01. The summed E-state index contributed by atoms with van der Waals surface area (Å²) in [6, 6.07) is 12.3. The van der Waals surface area contributed by atoms with E-state index in [1.807, 2.05) is 37.3 Å². The second-order valence-electron chi connectivity index (χ2n) is 7.47. The molecule has 28 heavy (non-hydrogen) atoms. The summed E-state index contributed by atoms with van der Waals surface area (Å²) in [7, 11) is 0. The smallest absolute Gasteiger partial charge is 0.228 e. The van der Waals surface area contributed by atoms with Crippen molar-refractivity contribution in [2.45, 2.75) is 29.5 Å². The highest BCUT2D eigenvalue weighted by Gasteiger charge is 2.77. The third kappa shape index (κ3) is 2.76. The second kappa shape index (κ2) is 7.30. The third-order valence-corrected chi connectivity index (χ3v) is 8.06. The Morgan fingerprint density at radius 2 is 2.18 bits per heavy atom. The van der Waals surface area contributed by atoms with Gasteiger partial charge < -0.3 is 20.6 Å². The van der Waals surface area contributed by atoms with Crippen LogP contribution in [-0.2, 0) is 9.59 Å². The van der Waals surface area contributed by atoms with E-state index in [2.05, 4.69) is 16.7 Å². The number of nitriles is 1. The van der Waals surface area contributed by atoms with Crippen LogP contribution in [0.5, 0.6) is 0 Å². The minimum Gasteiger partial charge on any atom is -0.395 e. The maximum atomic E-state index is 13.1. The van der Waals surface area contributed by atoms with Crippen LogP contribution in [0, 0.1) is 29.1 Å². The average Bonchev–Trinajstić information content (AvgIpc) is 3.35. The maximum Gasteiger partial charge on any atom is 0.228 e. The summed E-state index contributed by atoms with van der Waals surface area (Å²) in [5.41, 5.74) is 1.01. The number of amides is 2. The number of thioether (sulfide) groups is 1. The van der Waals surface area contributed by atoms with Crippen molar-refractivity contribution in [1.82, 2.24) is 10.2 Å². The minimum atomic E-state index is -0.793. The van der Waals surface area contributed by atoms with Gasteiger partial charge >= 0.3 is 0 Å². The normalized spacial score (nSPS) is 35.5. The Kier molecular flexibility index (Phi) is 4.98. The van der Waals surface area contributed by atoms with E-state index in [-0.39, 0.29) is 42.2 Å². The quantitative estimate of drug-likeness (QED) is 0.659. The summed E-state index contributed by atoms with van der Waals surface area (Å²) in [6.45, 7) is 2.38. The molecule has 1 aromatic rings. The number of hydrogen-bond donors (Lipinski definition) is 3. The molecule has 1 spiro atoms. The van der Waals surface area contributed by atoms with Gasteiger partial charge in [0.1, 0.15) is 4.87 Å². The number of para-hydroxylation sites is 1. The number of aliphatic hydroxyl groups is 1. The van der Waals surface area contributed by atoms with Gasteiger partial charge in [0.05, 0.1) is 30.4 Å². The number of aliphatic hydroxyl groups excluding tert-OH is 1. The van der Waals surface area contributed by atoms with Gasteiger partial charge in [-0.15, -0.1) is 11.8 Å². The maximum absolute atomic E-state index is 13.1. The van der Waals surface area contributed by atoms with Crippen molar-refractivity contribution < 1.29 is 14.7 Å². The first-order valence-electron chi connectivity index (χ1n) is 9.67. The van der Waals surface area contributed by atoms with E-state index >= 15 is 0 Å². The van der Waals surface area contributed by atoms with Crippen LogP contribution in [-0.4, -0.2) is 57.7 Å². The molecule has 3 N–H and O–H groups in total. The van der Waals surface area contributed by atoms with Crippen LogP contribution in [0.2, 0.25) is 0 Å². The van der Waals surface area contributed by atoms with Crippen LogP contribution in [0.15, 0.2) is 30.3 Å². The number of benzene rings is 1. The average molecular weight is 401 g/mol. The van der Waals surface area contributed by atoms with E-state index in [1.54, 1.807) is 16.7 Å². The third-order valence-electron chi connectivity index (χ3n) is 6.02. The van der Waals surface area contributed by atoms with Crippen LogP contribution in [0.3, 0.4) is 0 Å². The van der Waals surface area contributed by atoms with Gasteiger partial charge in [-0.25, -0.2) is 0 Å². The van der Waals surface area contributed by atoms with Gasteiger partial charge in [0, 0.05) is 30.1 Å². The van der Waals surface area contributed by atoms with Crippen molar-refractivity contribution in [2.75, 3.05) is 25.0 Å². The van der Waals surface area contributed by atoms with Crippen molar-refractivity contribution in [3.05, 3.63) is 30.3 Å². The lowest BCUT2D eigenvalue weighted by atomic mass is 9.78. The van der Waals surface area contributed by atoms with Gasteiger partial charge in [-0.3, -0.25) is 9.59 Å². The summed E-state index contributed by atoms with van der Waals surface area (Å²) in [4.78, 5) is 26.7. The molecule has 4 rings (SSSR count). The molecule has 1 aromatic carbocycles. The van der Waals surface area contributed by atoms with Gasteiger partial charge in [0.2, 0.25) is 11.8 Å². The van der Waals surface area contributed by atoms with Gasteiger partial charge in [0.25, 0.3) is 0 Å². The molecule has 6 unspecified atom stereocenters. The lowest BCUT2D eigenvalue weighted by molar-refractivity contribution is -0.141. The molecular formula is C20H24N4O3S. The molecule has 3 fully saturated rings. The van der Waals surface area contributed by atoms with Crippen molar-refractivity contribution in [2.24, 2.45) is 17.8 Å². The SMILES string of the molecule is CCN1C(=O)C2CC(Nc3ccccc3)C2SC12C(C#N)C2C(=O)NCCO. The molecule has 0 bridgehead atoms. The fraction of sp³-hybridized carbons (Fsp3) is 0.550. The molecule has 0 radical (unpaired) electrons. The van der Waals surface area contributed by atoms with E-state index in [4.69, 9.17) is 5.11 Å². The van der Waals surface area contributed by atoms with E-state index in [0.29, 0.717) is 6.54 Å². The Morgan fingerprint density at radius 1 is 1.43 bits per heavy atom. The molecule has 2 saturated carbocycles. The fourth-order valence-electron chi connectivity index (χ4n) is 4.61. The van der Waals surface area contributed by atoms with Gasteiger partial charge in [-0.05, 0) is 25.5 Å². The Hall–Kier alpha value is -2.24. The molecule has 8 heteroatoms. The van der Waals surface area contributed by atoms with Crippen molar-refractivity contribution in [3.8, 4) is 6.07 Å². The molecule has 7 nitrogen and oxygen atoms in total. The number of nitrogens with zero attached hydrogens (tertiary/aromatic N) is 2. The van der Waals surface area contributed by atoms with E-state index in [9.17, 15) is 14.9 Å². The lowest BCUT2D eigenvalue weighted by Crippen LogP contribution is -2.64. The number of carbonyl (C=O) groups is 2. The van der Waals surface area contributed by atoms with Crippen LogP contribution < -0.4 is 10.6 Å². The standard InChI is InChI=1S/C20H24N4O3S/c1-2-24-19(27)13-10-15(23-12-6-4-3-5-7-12)17(13)28-20(24)14(11-21)16(20)18(26)22-8-9-25/h3-7,13-17,23,25H,2,8-10H2,1H3,(H,22,26). The Labute approximate surface area is 168 Å². The zero-order chi connectivity index (χ0) is 19.9. The van der Waals surface area contributed by atoms with Crippen molar-refractivity contribution in [1.29, 1.82) is 5.26 Å². The summed E-state index contributed by atoms with van der Waals surface area (Å²) < 4.78 is 0. The number of hydrogen-bond acceptors (Lipinski definition) is 6. The molecule has 6 atom stereocenters. The van der Waals surface area contributed by atoms with Crippen LogP contribution in [0.4, 0.5) is 5.69 Å². The molecule has 2 amide bonds. The highest BCUT2D eigenvalue weighted by atomic mass is 32.2. The van der Waals surface area contributed by atoms with Crippen LogP contribution in [0.25, 0.3) is 0 Å². The monoisotopic (exact) mass is 400 g/mol. The molecule has 1 saturated heterocycles. The molecule has 148 valence electrons. The van der Waals surface area contributed by atoms with Gasteiger partial charge in [-0.2, -0.15) is 5.26 Å². The summed E-state index contributed by atoms with van der Waals surface area (Å²) in [5, 5.41) is 24.9. The number of anilines is 1. The molecule has 0 aromatic heterocycles. The predicted octanol–water partition coefficient (Wildman–Crippen LogP) is 1.03. The summed E-state index contributed by atoms with van der Waals surface area (Å²) in [6.07, 6.45) is 0.760. The molecule has 1 heterocycles. The van der Waals surface area contributed by atoms with Crippen LogP contribution in [0.1, 0.15) is 13.3 Å². The Morgan fingerprint density at radius 3 is 2.82 bits per heavy atom. The van der Waals surface area contributed by atoms with Crippen molar-refractivity contribution >= 4 is 29.3 Å². The highest BCUT2D eigenvalue weighted by Crippen LogP contribution is 2.68. The van der Waals surface area contributed by atoms with E-state index in [0.717, 1.165) is 12.1 Å². The summed E-state index contributed by atoms with van der Waals surface area (Å²) >= 11 is 1.61. The molecule has 1 aliphatic heterocycles. The first-order valence-corrected chi connectivity index (χ1v) is 10.6. The Balaban J connectivity index is 1.56. The van der Waals surface area contributed by atoms with Crippen LogP contribution >= 0.6 is 11.8 Å². The molecule has 2 aliphatic carbocycles. The van der Waals surface area contributed by atoms with Crippen molar-refractivity contribution in [3.63, 3.8) is 0 Å². The van der Waals surface area contributed by atoms with Gasteiger partial charge in [0.15, 0.2) is 0 Å². The summed E-state index contributed by atoms with van der Waals surface area (Å²) in [5.74, 6) is -1.37. The second-order valence-corrected chi connectivity index (χ2v) is 8.91. The first-order chi connectivity index (χ1) is 13.6. The number of carbonyl (C=O) groups excluding carboxylic acids is 2. The van der Waals surface area contributed by atoms with E-state index in [1.165, 1.54) is 0 Å². The zero-order valence-corrected chi connectivity index (χ0v) is 16.5.